The molecule has 0 fully saturated rings. The fourth-order valence-corrected chi connectivity index (χ4v) is 5.95. The average Bonchev–Trinajstić information content (AvgIpc) is 3.01. The SMILES string of the molecule is CC(C)c1nc2c(c([As]c3ccc(C(F)(F)F)nc3)n1)CCN(c1ncccc1C(F)(F)F)CC2. The molecule has 0 unspecified atom stereocenters. The van der Waals surface area contributed by atoms with E-state index in [0.29, 0.717) is 29.6 Å². The van der Waals surface area contributed by atoms with E-state index in [9.17, 15) is 26.3 Å². The van der Waals surface area contributed by atoms with Gasteiger partial charge in [0.25, 0.3) is 0 Å². The molecule has 3 aromatic rings. The number of pyridine rings is 2. The van der Waals surface area contributed by atoms with Gasteiger partial charge in [-0.1, -0.05) is 0 Å². The van der Waals surface area contributed by atoms with Gasteiger partial charge in [-0.15, -0.1) is 0 Å². The van der Waals surface area contributed by atoms with Crippen molar-refractivity contribution in [3.63, 3.8) is 0 Å². The summed E-state index contributed by atoms with van der Waals surface area (Å²) in [5.74, 6) is 0.501. The predicted octanol–water partition coefficient (Wildman–Crippen LogP) is 3.69. The van der Waals surface area contributed by atoms with E-state index in [1.54, 1.807) is 4.90 Å². The van der Waals surface area contributed by atoms with Gasteiger partial charge in [0.1, 0.15) is 0 Å². The van der Waals surface area contributed by atoms with Crippen LogP contribution in [0.1, 0.15) is 48.1 Å². The summed E-state index contributed by atoms with van der Waals surface area (Å²) in [6.45, 7) is 4.47. The molecular weight excluding hydrogens is 535 g/mol. The zero-order valence-electron chi connectivity index (χ0n) is 18.8. The minimum absolute atomic E-state index is 0.0120. The fourth-order valence-electron chi connectivity index (χ4n) is 3.77. The number of anilines is 1. The Balaban J connectivity index is 1.66. The molecule has 0 saturated heterocycles. The topological polar surface area (TPSA) is 54.8 Å². The van der Waals surface area contributed by atoms with E-state index in [2.05, 4.69) is 9.97 Å². The van der Waals surface area contributed by atoms with Gasteiger partial charge >= 0.3 is 205 Å². The molecule has 0 bridgehead atoms. The standard InChI is InChI=1S/C23H21AsF6N5/c1-13(2)20-33-17-8-11-35(21-16(22(25,26)27)4-3-9-31-21)10-7-15(17)19(34-20)24-14-5-6-18(32-12-14)23(28,29)30/h3-6,9,12-13H,7-8,10-11H2,1-2H3. The number of aromatic nitrogens is 4. The Bertz CT molecular complexity index is 1190. The third-order valence-electron chi connectivity index (χ3n) is 5.52. The zero-order valence-corrected chi connectivity index (χ0v) is 20.7. The van der Waals surface area contributed by atoms with Crippen LogP contribution in [0.25, 0.3) is 0 Å². The summed E-state index contributed by atoms with van der Waals surface area (Å²) in [5.41, 5.74) is -0.136. The molecule has 0 amide bonds. The fraction of sp³-hybridized carbons (Fsp3) is 0.391. The normalized spacial score (nSPS) is 15.1. The van der Waals surface area contributed by atoms with Crippen molar-refractivity contribution in [2.45, 2.75) is 45.0 Å². The number of alkyl halides is 6. The molecule has 4 rings (SSSR count). The summed E-state index contributed by atoms with van der Waals surface area (Å²) < 4.78 is 80.7. The Morgan fingerprint density at radius 1 is 0.914 bits per heavy atom. The van der Waals surface area contributed by atoms with Crippen LogP contribution in [0.15, 0.2) is 36.7 Å². The van der Waals surface area contributed by atoms with E-state index in [1.807, 2.05) is 13.8 Å². The van der Waals surface area contributed by atoms with Gasteiger partial charge in [-0.25, -0.2) is 0 Å². The van der Waals surface area contributed by atoms with E-state index in [4.69, 9.17) is 9.97 Å². The number of rotatable bonds is 4. The number of hydrogen-bond donors (Lipinski definition) is 0. The minimum atomic E-state index is -4.53. The van der Waals surface area contributed by atoms with Crippen LogP contribution < -0.4 is 13.7 Å². The molecule has 0 aromatic carbocycles. The van der Waals surface area contributed by atoms with Gasteiger partial charge < -0.3 is 0 Å². The number of halogens is 6. The van der Waals surface area contributed by atoms with Crippen molar-refractivity contribution in [2.75, 3.05) is 18.0 Å². The van der Waals surface area contributed by atoms with Crippen molar-refractivity contribution < 1.29 is 26.3 Å². The van der Waals surface area contributed by atoms with Gasteiger partial charge in [0, 0.05) is 0 Å². The van der Waals surface area contributed by atoms with Crippen molar-refractivity contribution >= 4 is 30.4 Å². The second-order valence-electron chi connectivity index (χ2n) is 8.36. The molecule has 3 aromatic heterocycles. The molecule has 12 heteroatoms. The van der Waals surface area contributed by atoms with Crippen molar-refractivity contribution in [1.82, 2.24) is 19.9 Å². The van der Waals surface area contributed by atoms with Crippen LogP contribution in [0, 0.1) is 0 Å². The quantitative estimate of drug-likeness (QED) is 0.363. The molecule has 4 heterocycles. The molecule has 35 heavy (non-hydrogen) atoms. The third kappa shape index (κ3) is 5.77. The van der Waals surface area contributed by atoms with Crippen molar-refractivity contribution in [2.24, 2.45) is 0 Å². The molecule has 0 saturated carbocycles. The maximum atomic E-state index is 13.6. The van der Waals surface area contributed by atoms with Crippen molar-refractivity contribution in [3.05, 3.63) is 65.0 Å². The monoisotopic (exact) mass is 556 g/mol. The first-order chi connectivity index (χ1) is 16.4. The molecular formula is C23H21AsF6N5. The summed E-state index contributed by atoms with van der Waals surface area (Å²) in [6, 6.07) is 4.64. The van der Waals surface area contributed by atoms with E-state index in [0.717, 1.165) is 27.9 Å². The molecule has 0 spiro atoms. The third-order valence-corrected chi connectivity index (χ3v) is 7.84. The van der Waals surface area contributed by atoms with Crippen molar-refractivity contribution in [1.29, 1.82) is 0 Å². The van der Waals surface area contributed by atoms with Gasteiger partial charge in [0.05, 0.1) is 0 Å². The Kier molecular flexibility index (Phi) is 7.08. The van der Waals surface area contributed by atoms with Gasteiger partial charge in [0.2, 0.25) is 0 Å². The number of nitrogens with zero attached hydrogens (tertiary/aromatic N) is 5. The Morgan fingerprint density at radius 2 is 1.66 bits per heavy atom. The number of fused-ring (bicyclic) bond motifs is 1. The van der Waals surface area contributed by atoms with Crippen LogP contribution in [-0.2, 0) is 25.2 Å². The summed E-state index contributed by atoms with van der Waals surface area (Å²) in [7, 11) is 0. The van der Waals surface area contributed by atoms with E-state index < -0.39 is 39.4 Å². The second-order valence-corrected chi connectivity index (χ2v) is 10.8. The molecule has 0 N–H and O–H groups in total. The molecule has 0 aliphatic carbocycles. The van der Waals surface area contributed by atoms with Crippen LogP contribution in [0.5, 0.6) is 0 Å². The van der Waals surface area contributed by atoms with Crippen LogP contribution in [-0.4, -0.2) is 48.8 Å². The molecule has 1 aliphatic rings. The Hall–Kier alpha value is -2.68. The van der Waals surface area contributed by atoms with Gasteiger partial charge in [-0.2, -0.15) is 0 Å². The molecule has 1 radical (unpaired) electrons. The predicted molar refractivity (Wildman–Crippen MR) is 119 cm³/mol. The van der Waals surface area contributed by atoms with Crippen LogP contribution in [0.2, 0.25) is 0 Å². The number of hydrogen-bond acceptors (Lipinski definition) is 5. The Morgan fingerprint density at radius 3 is 2.29 bits per heavy atom. The van der Waals surface area contributed by atoms with E-state index in [-0.39, 0.29) is 18.3 Å². The Labute approximate surface area is 204 Å². The first kappa shape index (κ1) is 25.4. The van der Waals surface area contributed by atoms with E-state index in [1.165, 1.54) is 24.5 Å². The molecule has 185 valence electrons. The first-order valence-electron chi connectivity index (χ1n) is 10.9. The summed E-state index contributed by atoms with van der Waals surface area (Å²) >= 11 is -0.802. The molecule has 5 nitrogen and oxygen atoms in total. The average molecular weight is 556 g/mol. The zero-order chi connectivity index (χ0) is 25.4. The van der Waals surface area contributed by atoms with Crippen LogP contribution >= 0.6 is 0 Å². The van der Waals surface area contributed by atoms with Crippen LogP contribution in [0.4, 0.5) is 32.2 Å². The van der Waals surface area contributed by atoms with Gasteiger partial charge in [-0.05, 0) is 0 Å². The summed E-state index contributed by atoms with van der Waals surface area (Å²) in [6.07, 6.45) is -5.67. The second kappa shape index (κ2) is 9.76. The van der Waals surface area contributed by atoms with Gasteiger partial charge in [-0.3, -0.25) is 0 Å². The van der Waals surface area contributed by atoms with Crippen molar-refractivity contribution in [3.8, 4) is 0 Å². The summed E-state index contributed by atoms with van der Waals surface area (Å²) in [5, 5.41) is 0. The van der Waals surface area contributed by atoms with Crippen LogP contribution in [0.3, 0.4) is 0 Å². The van der Waals surface area contributed by atoms with Gasteiger partial charge in [0.15, 0.2) is 0 Å². The maximum absolute atomic E-state index is 13.6. The molecule has 0 atom stereocenters. The summed E-state index contributed by atoms with van der Waals surface area (Å²) in [4.78, 5) is 18.6. The first-order valence-corrected chi connectivity index (χ1v) is 12.7. The van der Waals surface area contributed by atoms with E-state index >= 15 is 0 Å². The molecule has 1 aliphatic heterocycles.